The van der Waals surface area contributed by atoms with Crippen molar-refractivity contribution in [3.63, 3.8) is 0 Å². The summed E-state index contributed by atoms with van der Waals surface area (Å²) in [6, 6.07) is 16.4. The summed E-state index contributed by atoms with van der Waals surface area (Å²) in [5, 5.41) is 2.14. The zero-order chi connectivity index (χ0) is 15.8. The molecule has 0 spiro atoms. The molecule has 1 atom stereocenters. The summed E-state index contributed by atoms with van der Waals surface area (Å²) in [7, 11) is 0. The molecule has 0 bridgehead atoms. The second kappa shape index (κ2) is 6.23. The lowest BCUT2D eigenvalue weighted by Crippen LogP contribution is -2.39. The van der Waals surface area contributed by atoms with Crippen LogP contribution in [0.2, 0.25) is 0 Å². The van der Waals surface area contributed by atoms with Crippen LogP contribution < -0.4 is 0 Å². The average Bonchev–Trinajstić information content (AvgIpc) is 3.22. The van der Waals surface area contributed by atoms with Crippen LogP contribution in [0, 0.1) is 0 Å². The number of carbonyl (C=O) groups excluding carboxylic acids is 1. The summed E-state index contributed by atoms with van der Waals surface area (Å²) in [6.07, 6.45) is 0.939. The van der Waals surface area contributed by atoms with Crippen LogP contribution >= 0.6 is 38.6 Å². The van der Waals surface area contributed by atoms with Crippen LogP contribution in [-0.4, -0.2) is 17.4 Å². The molecule has 5 heteroatoms. The standard InChI is InChI=1S/C18H14BrNOS2/c19-16-7-6-15(23-16)18(21)20-10-8-14-13(9-11-22-14)17(20)12-4-2-1-3-5-12/h1-7,9,11,17H,8,10H2. The Morgan fingerprint density at radius 2 is 1.96 bits per heavy atom. The van der Waals surface area contributed by atoms with Gasteiger partial charge < -0.3 is 4.90 Å². The van der Waals surface area contributed by atoms with Crippen LogP contribution in [0.25, 0.3) is 0 Å². The van der Waals surface area contributed by atoms with Crippen LogP contribution in [0.4, 0.5) is 0 Å². The van der Waals surface area contributed by atoms with E-state index in [1.54, 1.807) is 11.3 Å². The van der Waals surface area contributed by atoms with Crippen LogP contribution in [-0.2, 0) is 6.42 Å². The molecule has 0 aliphatic carbocycles. The van der Waals surface area contributed by atoms with E-state index in [1.165, 1.54) is 27.3 Å². The van der Waals surface area contributed by atoms with E-state index in [0.29, 0.717) is 0 Å². The maximum absolute atomic E-state index is 13.0. The highest BCUT2D eigenvalue weighted by molar-refractivity contribution is 9.11. The van der Waals surface area contributed by atoms with E-state index >= 15 is 0 Å². The molecule has 3 aromatic rings. The fraction of sp³-hybridized carbons (Fsp3) is 0.167. The molecule has 1 aliphatic heterocycles. The number of amides is 1. The van der Waals surface area contributed by atoms with Gasteiger partial charge in [0.05, 0.1) is 14.7 Å². The van der Waals surface area contributed by atoms with E-state index in [1.807, 2.05) is 35.2 Å². The van der Waals surface area contributed by atoms with Gasteiger partial charge in [-0.15, -0.1) is 22.7 Å². The molecule has 1 unspecified atom stereocenters. The minimum absolute atomic E-state index is 0.0135. The number of hydrogen-bond acceptors (Lipinski definition) is 3. The number of thiophene rings is 2. The number of fused-ring (bicyclic) bond motifs is 1. The smallest absolute Gasteiger partial charge is 0.264 e. The first-order valence-corrected chi connectivity index (χ1v) is 9.90. The fourth-order valence-corrected chi connectivity index (χ4v) is 5.35. The Morgan fingerprint density at radius 3 is 2.70 bits per heavy atom. The second-order valence-electron chi connectivity index (χ2n) is 5.46. The number of rotatable bonds is 2. The molecular weight excluding hydrogens is 390 g/mol. The molecule has 116 valence electrons. The Morgan fingerprint density at radius 1 is 1.13 bits per heavy atom. The largest absolute Gasteiger partial charge is 0.326 e. The average molecular weight is 404 g/mol. The highest BCUT2D eigenvalue weighted by Gasteiger charge is 2.33. The summed E-state index contributed by atoms with van der Waals surface area (Å²) < 4.78 is 0.991. The first-order chi connectivity index (χ1) is 11.2. The highest BCUT2D eigenvalue weighted by Crippen LogP contribution is 2.39. The third-order valence-corrected chi connectivity index (χ3v) is 6.73. The van der Waals surface area contributed by atoms with E-state index in [0.717, 1.165) is 21.6 Å². The molecule has 0 fully saturated rings. The minimum Gasteiger partial charge on any atom is -0.326 e. The Labute approximate surface area is 151 Å². The first-order valence-electron chi connectivity index (χ1n) is 7.41. The zero-order valence-electron chi connectivity index (χ0n) is 12.2. The molecule has 3 heterocycles. The van der Waals surface area contributed by atoms with Crippen molar-refractivity contribution in [3.8, 4) is 0 Å². The molecular formula is C18H14BrNOS2. The zero-order valence-corrected chi connectivity index (χ0v) is 15.5. The molecule has 1 aromatic carbocycles. The normalized spacial score (nSPS) is 17.1. The Hall–Kier alpha value is -1.43. The number of hydrogen-bond donors (Lipinski definition) is 0. The predicted molar refractivity (Wildman–Crippen MR) is 99.4 cm³/mol. The third kappa shape index (κ3) is 2.77. The minimum atomic E-state index is 0.0135. The van der Waals surface area contributed by atoms with Crippen molar-refractivity contribution in [3.05, 3.63) is 78.6 Å². The molecule has 23 heavy (non-hydrogen) atoms. The Bertz CT molecular complexity index is 840. The van der Waals surface area contributed by atoms with Gasteiger partial charge in [0, 0.05) is 11.4 Å². The van der Waals surface area contributed by atoms with Gasteiger partial charge in [-0.05, 0) is 57.1 Å². The van der Waals surface area contributed by atoms with Gasteiger partial charge in [-0.1, -0.05) is 30.3 Å². The molecule has 4 rings (SSSR count). The summed E-state index contributed by atoms with van der Waals surface area (Å²) in [6.45, 7) is 0.765. The molecule has 1 amide bonds. The molecule has 0 N–H and O–H groups in total. The van der Waals surface area contributed by atoms with Gasteiger partial charge in [-0.2, -0.15) is 0 Å². The molecule has 2 nitrogen and oxygen atoms in total. The lowest BCUT2D eigenvalue weighted by atomic mass is 9.93. The monoisotopic (exact) mass is 403 g/mol. The third-order valence-electron chi connectivity index (χ3n) is 4.13. The SMILES string of the molecule is O=C(c1ccc(Br)s1)N1CCc2sccc2C1c1ccccc1. The molecule has 0 radical (unpaired) electrons. The first kappa shape index (κ1) is 15.1. The van der Waals surface area contributed by atoms with Gasteiger partial charge in [0.25, 0.3) is 5.91 Å². The van der Waals surface area contributed by atoms with Crippen LogP contribution in [0.1, 0.15) is 31.7 Å². The van der Waals surface area contributed by atoms with Gasteiger partial charge in [-0.25, -0.2) is 0 Å². The second-order valence-corrected chi connectivity index (χ2v) is 8.93. The van der Waals surface area contributed by atoms with E-state index < -0.39 is 0 Å². The van der Waals surface area contributed by atoms with Gasteiger partial charge in [0.1, 0.15) is 0 Å². The maximum Gasteiger partial charge on any atom is 0.264 e. The van der Waals surface area contributed by atoms with Crippen molar-refractivity contribution < 1.29 is 4.79 Å². The van der Waals surface area contributed by atoms with Crippen molar-refractivity contribution in [2.75, 3.05) is 6.54 Å². The van der Waals surface area contributed by atoms with Crippen LogP contribution in [0.3, 0.4) is 0 Å². The van der Waals surface area contributed by atoms with Crippen molar-refractivity contribution in [1.29, 1.82) is 0 Å². The number of nitrogens with zero attached hydrogens (tertiary/aromatic N) is 1. The predicted octanol–water partition coefficient (Wildman–Crippen LogP) is 5.36. The Balaban J connectivity index is 1.78. The van der Waals surface area contributed by atoms with Crippen LogP contribution in [0.5, 0.6) is 0 Å². The van der Waals surface area contributed by atoms with Crippen LogP contribution in [0.15, 0.2) is 57.7 Å². The maximum atomic E-state index is 13.0. The summed E-state index contributed by atoms with van der Waals surface area (Å²) in [5.41, 5.74) is 2.45. The van der Waals surface area contributed by atoms with Gasteiger partial charge in [0.2, 0.25) is 0 Å². The van der Waals surface area contributed by atoms with Crippen molar-refractivity contribution in [2.24, 2.45) is 0 Å². The number of carbonyl (C=O) groups is 1. The molecule has 2 aromatic heterocycles. The van der Waals surface area contributed by atoms with Crippen molar-refractivity contribution >= 4 is 44.5 Å². The quantitative estimate of drug-likeness (QED) is 0.563. The summed E-state index contributed by atoms with van der Waals surface area (Å²) in [4.78, 5) is 17.3. The van der Waals surface area contributed by atoms with E-state index in [9.17, 15) is 4.79 Å². The topological polar surface area (TPSA) is 20.3 Å². The van der Waals surface area contributed by atoms with Crippen molar-refractivity contribution in [1.82, 2.24) is 4.90 Å². The summed E-state index contributed by atoms with van der Waals surface area (Å²) in [5.74, 6) is 0.117. The lowest BCUT2D eigenvalue weighted by Gasteiger charge is -2.36. The number of halogens is 1. The van der Waals surface area contributed by atoms with E-state index in [2.05, 4.69) is 39.5 Å². The van der Waals surface area contributed by atoms with E-state index in [-0.39, 0.29) is 11.9 Å². The molecule has 0 saturated carbocycles. The molecule has 1 aliphatic rings. The van der Waals surface area contributed by atoms with Crippen molar-refractivity contribution in [2.45, 2.75) is 12.5 Å². The lowest BCUT2D eigenvalue weighted by molar-refractivity contribution is 0.0701. The summed E-state index contributed by atoms with van der Waals surface area (Å²) >= 11 is 6.75. The molecule has 0 saturated heterocycles. The van der Waals surface area contributed by atoms with E-state index in [4.69, 9.17) is 0 Å². The van der Waals surface area contributed by atoms with Gasteiger partial charge in [-0.3, -0.25) is 4.79 Å². The highest BCUT2D eigenvalue weighted by atomic mass is 79.9. The number of benzene rings is 1. The Kier molecular flexibility index (Phi) is 4.09. The van der Waals surface area contributed by atoms with Gasteiger partial charge in [0.15, 0.2) is 0 Å². The fourth-order valence-electron chi connectivity index (χ4n) is 3.10. The van der Waals surface area contributed by atoms with Gasteiger partial charge >= 0.3 is 0 Å².